The first-order chi connectivity index (χ1) is 16.3. The third kappa shape index (κ3) is 2.93. The molecule has 1 N–H and O–H groups in total. The number of aromatic nitrogens is 2. The Labute approximate surface area is 209 Å². The van der Waals surface area contributed by atoms with Gasteiger partial charge in [-0.05, 0) is 30.4 Å². The summed E-state index contributed by atoms with van der Waals surface area (Å²) in [5, 5.41) is 25.7. The average Bonchev–Trinajstić information content (AvgIpc) is 3.09. The summed E-state index contributed by atoms with van der Waals surface area (Å²) in [5.74, 6) is -0.481. The van der Waals surface area contributed by atoms with Crippen molar-refractivity contribution in [3.63, 3.8) is 0 Å². The SMILES string of the molecule is CC12CCC(C(=O)Nc3cc(Cl)c(Cl)cc3[N+](=O)[O-])(c3nc4cc([N+](=O)[O-])ccc4nc31)C2(C)C. The van der Waals surface area contributed by atoms with E-state index in [0.29, 0.717) is 35.3 Å². The summed E-state index contributed by atoms with van der Waals surface area (Å²) in [5.41, 5.74) is -1.06. The van der Waals surface area contributed by atoms with E-state index in [1.807, 2.05) is 20.8 Å². The fourth-order valence-corrected chi connectivity index (χ4v) is 6.04. The van der Waals surface area contributed by atoms with Gasteiger partial charge in [-0.3, -0.25) is 25.0 Å². The van der Waals surface area contributed by atoms with Crippen LogP contribution in [0.25, 0.3) is 11.0 Å². The van der Waals surface area contributed by atoms with Crippen molar-refractivity contribution in [1.29, 1.82) is 0 Å². The van der Waals surface area contributed by atoms with E-state index in [2.05, 4.69) is 5.32 Å². The van der Waals surface area contributed by atoms with Gasteiger partial charge < -0.3 is 5.32 Å². The van der Waals surface area contributed by atoms with Crippen molar-refractivity contribution in [2.75, 3.05) is 5.32 Å². The summed E-state index contributed by atoms with van der Waals surface area (Å²) in [4.78, 5) is 45.3. The molecule has 2 aliphatic rings. The number of carbonyl (C=O) groups excluding carboxylic acids is 1. The van der Waals surface area contributed by atoms with Crippen molar-refractivity contribution in [2.24, 2.45) is 5.41 Å². The van der Waals surface area contributed by atoms with Crippen LogP contribution < -0.4 is 5.32 Å². The summed E-state index contributed by atoms with van der Waals surface area (Å²) in [6.07, 6.45) is 1.08. The molecule has 1 heterocycles. The molecule has 1 saturated carbocycles. The lowest BCUT2D eigenvalue weighted by molar-refractivity contribution is -0.384. The number of benzene rings is 2. The molecule has 0 aliphatic heterocycles. The number of nitro groups is 2. The largest absolute Gasteiger partial charge is 0.319 e. The Hall–Kier alpha value is -3.37. The second-order valence-electron chi connectivity index (χ2n) is 9.71. The Bertz CT molecular complexity index is 1490. The number of non-ortho nitro benzene ring substituents is 1. The Morgan fingerprint density at radius 2 is 1.60 bits per heavy atom. The van der Waals surface area contributed by atoms with Crippen molar-refractivity contribution >= 4 is 57.2 Å². The van der Waals surface area contributed by atoms with E-state index in [9.17, 15) is 25.0 Å². The van der Waals surface area contributed by atoms with E-state index < -0.39 is 32.0 Å². The second kappa shape index (κ2) is 7.32. The van der Waals surface area contributed by atoms with E-state index in [4.69, 9.17) is 33.2 Å². The van der Waals surface area contributed by atoms with E-state index in [1.165, 1.54) is 18.2 Å². The van der Waals surface area contributed by atoms with Crippen LogP contribution in [0.3, 0.4) is 0 Å². The highest BCUT2D eigenvalue weighted by Gasteiger charge is 2.73. The summed E-state index contributed by atoms with van der Waals surface area (Å²) in [7, 11) is 0. The second-order valence-corrected chi connectivity index (χ2v) is 10.5. The maximum atomic E-state index is 14.0. The fraction of sp³-hybridized carbons (Fsp3) is 0.348. The number of hydrogen-bond donors (Lipinski definition) is 1. The monoisotopic (exact) mass is 515 g/mol. The van der Waals surface area contributed by atoms with Crippen LogP contribution >= 0.6 is 23.2 Å². The normalized spacial score (nSPS) is 23.8. The minimum Gasteiger partial charge on any atom is -0.319 e. The molecule has 10 nitrogen and oxygen atoms in total. The van der Waals surface area contributed by atoms with Crippen LogP contribution in [0.1, 0.15) is 45.0 Å². The van der Waals surface area contributed by atoms with E-state index in [1.54, 1.807) is 6.07 Å². The number of fused-ring (bicyclic) bond motifs is 6. The smallest absolute Gasteiger partial charge is 0.294 e. The third-order valence-corrected chi connectivity index (χ3v) is 8.83. The first kappa shape index (κ1) is 23.4. The molecule has 35 heavy (non-hydrogen) atoms. The molecule has 180 valence electrons. The number of carbonyl (C=O) groups is 1. The molecule has 0 radical (unpaired) electrons. The van der Waals surface area contributed by atoms with Crippen LogP contribution in [-0.2, 0) is 15.6 Å². The van der Waals surface area contributed by atoms with Crippen molar-refractivity contribution in [1.82, 2.24) is 9.97 Å². The summed E-state index contributed by atoms with van der Waals surface area (Å²) in [6, 6.07) is 6.60. The van der Waals surface area contributed by atoms with Crippen LogP contribution in [0.15, 0.2) is 30.3 Å². The van der Waals surface area contributed by atoms with Crippen LogP contribution in [0, 0.1) is 25.6 Å². The highest BCUT2D eigenvalue weighted by atomic mass is 35.5. The highest BCUT2D eigenvalue weighted by Crippen LogP contribution is 2.70. The van der Waals surface area contributed by atoms with Gasteiger partial charge in [-0.1, -0.05) is 44.0 Å². The topological polar surface area (TPSA) is 141 Å². The number of nitro benzene ring substituents is 2. The van der Waals surface area contributed by atoms with E-state index >= 15 is 0 Å². The molecule has 1 aromatic heterocycles. The van der Waals surface area contributed by atoms with Gasteiger partial charge in [0.2, 0.25) is 5.91 Å². The predicted octanol–water partition coefficient (Wildman–Crippen LogP) is 5.72. The lowest BCUT2D eigenvalue weighted by atomic mass is 9.63. The third-order valence-electron chi connectivity index (χ3n) is 8.10. The van der Waals surface area contributed by atoms with Gasteiger partial charge in [-0.2, -0.15) is 0 Å². The van der Waals surface area contributed by atoms with Gasteiger partial charge in [0.1, 0.15) is 5.69 Å². The Morgan fingerprint density at radius 1 is 0.943 bits per heavy atom. The molecule has 3 aromatic rings. The first-order valence-electron chi connectivity index (χ1n) is 10.8. The Morgan fingerprint density at radius 3 is 2.26 bits per heavy atom. The molecule has 1 amide bonds. The molecule has 2 aromatic carbocycles. The Kier molecular flexibility index (Phi) is 4.89. The maximum Gasteiger partial charge on any atom is 0.294 e. The number of nitrogens with zero attached hydrogens (tertiary/aromatic N) is 4. The standard InChI is InChI=1S/C23H19Cl2N5O5/c1-21(2)22(3)6-7-23(21,20(31)28-16-9-12(24)13(25)10-17(16)30(34)35)19-18(22)26-14-5-4-11(29(32)33)8-15(14)27-19/h4-5,8-10H,6-7H2,1-3H3,(H,28,31). The first-order valence-corrected chi connectivity index (χ1v) is 11.5. The molecule has 2 bridgehead atoms. The van der Waals surface area contributed by atoms with Gasteiger partial charge in [0, 0.05) is 23.6 Å². The van der Waals surface area contributed by atoms with Gasteiger partial charge in [0.05, 0.1) is 47.7 Å². The number of amides is 1. The minimum absolute atomic E-state index is 0.00607. The predicted molar refractivity (Wildman–Crippen MR) is 130 cm³/mol. The summed E-state index contributed by atoms with van der Waals surface area (Å²) < 4.78 is 0. The molecule has 12 heteroatoms. The summed E-state index contributed by atoms with van der Waals surface area (Å²) in [6.45, 7) is 5.94. The van der Waals surface area contributed by atoms with Crippen molar-refractivity contribution in [2.45, 2.75) is 44.4 Å². The van der Waals surface area contributed by atoms with Gasteiger partial charge >= 0.3 is 0 Å². The number of hydrogen-bond acceptors (Lipinski definition) is 7. The zero-order valence-electron chi connectivity index (χ0n) is 18.9. The number of nitrogens with one attached hydrogen (secondary N) is 1. The van der Waals surface area contributed by atoms with Gasteiger partial charge in [0.25, 0.3) is 11.4 Å². The number of anilines is 1. The minimum atomic E-state index is -1.18. The van der Waals surface area contributed by atoms with Crippen LogP contribution in [0.2, 0.25) is 10.0 Å². The zero-order chi connectivity index (χ0) is 25.5. The fourth-order valence-electron chi connectivity index (χ4n) is 5.72. The van der Waals surface area contributed by atoms with Crippen LogP contribution in [-0.4, -0.2) is 25.7 Å². The van der Waals surface area contributed by atoms with Crippen LogP contribution in [0.4, 0.5) is 17.1 Å². The quantitative estimate of drug-likeness (QED) is 0.345. The molecule has 2 atom stereocenters. The van der Waals surface area contributed by atoms with Crippen molar-refractivity contribution < 1.29 is 14.6 Å². The molecular formula is C23H19Cl2N5O5. The van der Waals surface area contributed by atoms with E-state index in [0.717, 1.165) is 6.07 Å². The molecule has 0 saturated heterocycles. The summed E-state index contributed by atoms with van der Waals surface area (Å²) >= 11 is 12.1. The lowest BCUT2D eigenvalue weighted by Gasteiger charge is -2.39. The molecule has 1 fully saturated rings. The number of halogens is 2. The molecule has 2 aliphatic carbocycles. The maximum absolute atomic E-state index is 14.0. The van der Waals surface area contributed by atoms with Gasteiger partial charge in [0.15, 0.2) is 0 Å². The lowest BCUT2D eigenvalue weighted by Crippen LogP contribution is -2.48. The molecule has 5 rings (SSSR count). The average molecular weight is 516 g/mol. The van der Waals surface area contributed by atoms with Crippen molar-refractivity contribution in [3.8, 4) is 0 Å². The van der Waals surface area contributed by atoms with Gasteiger partial charge in [-0.15, -0.1) is 0 Å². The molecular weight excluding hydrogens is 497 g/mol. The zero-order valence-corrected chi connectivity index (χ0v) is 20.4. The number of rotatable bonds is 4. The Balaban J connectivity index is 1.70. The van der Waals surface area contributed by atoms with Gasteiger partial charge in [-0.25, -0.2) is 9.97 Å². The van der Waals surface area contributed by atoms with E-state index in [-0.39, 0.29) is 27.1 Å². The highest BCUT2D eigenvalue weighted by molar-refractivity contribution is 6.42. The van der Waals surface area contributed by atoms with Crippen LogP contribution in [0.5, 0.6) is 0 Å². The molecule has 0 spiro atoms. The molecule has 2 unspecified atom stereocenters. The van der Waals surface area contributed by atoms with Crippen molar-refractivity contribution in [3.05, 3.63) is 72.0 Å².